The van der Waals surface area contributed by atoms with Gasteiger partial charge < -0.3 is 29.3 Å². The number of allylic oxidation sites excluding steroid dienone is 1. The molecule has 10 rings (SSSR count). The van der Waals surface area contributed by atoms with Crippen molar-refractivity contribution in [3.63, 3.8) is 0 Å². The van der Waals surface area contributed by atoms with Gasteiger partial charge in [-0.1, -0.05) is 96.0 Å². The first-order valence-corrected chi connectivity index (χ1v) is 26.3. The van der Waals surface area contributed by atoms with Crippen LogP contribution in [0, 0.1) is 202 Å². The molecule has 4 aliphatic carbocycles. The monoisotopic (exact) mass is 1140 g/mol. The van der Waals surface area contributed by atoms with Gasteiger partial charge in [0.2, 0.25) is 13.2 Å². The highest BCUT2D eigenvalue weighted by atomic mass is 35.5. The van der Waals surface area contributed by atoms with Crippen LogP contribution in [0.1, 0.15) is 63.7 Å². The molecule has 0 spiro atoms. The maximum atomic E-state index is 12.9. The van der Waals surface area contributed by atoms with Crippen LogP contribution >= 0.6 is 23.2 Å². The Balaban J connectivity index is 0.891. The van der Waals surface area contributed by atoms with Crippen molar-refractivity contribution >= 4 is 52.7 Å². The minimum Gasteiger partial charge on any atom is -0.545 e. The number of ether oxygens (including phenoxy) is 2. The van der Waals surface area contributed by atoms with E-state index in [1.807, 2.05) is 0 Å². The lowest BCUT2D eigenvalue weighted by Gasteiger charge is -2.59. The van der Waals surface area contributed by atoms with E-state index in [4.69, 9.17) is 32.7 Å². The van der Waals surface area contributed by atoms with E-state index in [1.165, 1.54) is 36.4 Å². The summed E-state index contributed by atoms with van der Waals surface area (Å²) in [4.78, 5) is 48.8. The number of rotatable bonds is 22. The molecule has 0 bridgehead atoms. The van der Waals surface area contributed by atoms with Crippen LogP contribution in [0.25, 0.3) is 27.8 Å². The standard InChI is InChI=1S/C73H37Cl2O10/c1-43(2)10-6-11-44(3)61-28-29-62-58-27-26-56-34-45(30-32-72(56,4)63(58)31-33-73(61,62)5)12-7-17-57(54-37-59(70(80)81)66(64(74)39-54)84-41-46-18-22-48(23-19-46)50-13-8-15-52(35-50)68(76)77)55-38-60(71(82)83)67(65(75)40-55)85-42-47-20-24-49(25-21-47)51-14-9-16-53(36-51)69(78)79/h8-9,13-16,18-25,35-40,45,58,61-63H,1-5H2,(H,80,81)(H,82,83)/p-2/t45-,58-,61+,62-,63-,72-,73+/m0/s1. The molecule has 0 saturated heterocycles. The molecule has 6 aromatic rings. The minimum absolute atomic E-state index is 0.00539. The first kappa shape index (κ1) is 61.2. The molecular weight excluding hydrogens is 1110 g/mol. The predicted octanol–water partition coefficient (Wildman–Crippen LogP) is 10.5. The predicted molar refractivity (Wildman–Crippen MR) is 301 cm³/mol. The Kier molecular flexibility index (Phi) is 18.7. The van der Waals surface area contributed by atoms with Crippen molar-refractivity contribution < 1.29 is 49.1 Å². The summed E-state index contributed by atoms with van der Waals surface area (Å²) < 4.78 is 11.5. The molecule has 0 unspecified atom stereocenters. The van der Waals surface area contributed by atoms with Crippen LogP contribution < -0.4 is 19.7 Å². The zero-order valence-electron chi connectivity index (χ0n) is 44.3. The lowest BCUT2D eigenvalue weighted by Crippen LogP contribution is -2.54. The van der Waals surface area contributed by atoms with E-state index in [-0.39, 0.29) is 61.2 Å². The van der Waals surface area contributed by atoms with Gasteiger partial charge in [0.1, 0.15) is 11.5 Å². The summed E-state index contributed by atoms with van der Waals surface area (Å²) in [6.07, 6.45) is 46.9. The number of benzene rings is 6. The number of hydrogen-bond donors (Lipinski definition) is 0. The molecule has 7 atom stereocenters. The van der Waals surface area contributed by atoms with Crippen molar-refractivity contribution in [3.8, 4) is 33.8 Å². The number of hydrogen-bond acceptors (Lipinski definition) is 8. The Hall–Kier alpha value is -6.88. The second-order valence-electron chi connectivity index (χ2n) is 19.8. The zero-order valence-corrected chi connectivity index (χ0v) is 45.8. The van der Waals surface area contributed by atoms with E-state index >= 15 is 0 Å². The smallest absolute Gasteiger partial charge is 0.386 e. The second-order valence-corrected chi connectivity index (χ2v) is 20.6. The van der Waals surface area contributed by atoms with Gasteiger partial charge in [0.05, 0.1) is 33.1 Å². The van der Waals surface area contributed by atoms with Gasteiger partial charge in [0, 0.05) is 35.1 Å². The molecule has 0 N–H and O–H groups in total. The van der Waals surface area contributed by atoms with Crippen LogP contribution in [-0.4, -0.2) is 23.9 Å². The summed E-state index contributed by atoms with van der Waals surface area (Å²) in [6, 6.07) is 30.5. The third kappa shape index (κ3) is 13.3. The first-order valence-electron chi connectivity index (χ1n) is 25.5. The molecule has 6 aromatic carbocycles. The van der Waals surface area contributed by atoms with E-state index in [9.17, 15) is 39.6 Å². The van der Waals surface area contributed by atoms with Gasteiger partial charge in [-0.05, 0) is 263 Å². The Morgan fingerprint density at radius 2 is 1.12 bits per heavy atom. The summed E-state index contributed by atoms with van der Waals surface area (Å²) >= 11 is 13.7. The Bertz CT molecular complexity index is 3300. The van der Waals surface area contributed by atoms with Crippen molar-refractivity contribution in [3.05, 3.63) is 337 Å². The SMILES string of the molecule is [CH2][C]([CH2])[C][C][C][C]([CH2])[C@H]1[C][C][C@H]2[C@@H]3[C][C][C]4[C][C@@H]([C][C][C]=C(c5cc(Cl)c(O[C]c6ccc(-c7cccc(C([O])=O)c7)cc6)c(C(=O)[O-])c5)c5cc(Cl)c(O[C]c6ccc(-c7cccc(C([O])=O)c7)cc6)c(C(=O)[O-])c5)[C][C][C@]4([CH2])[C@H]3[C][C][C@]12[CH2]. The minimum atomic E-state index is -1.71. The van der Waals surface area contributed by atoms with Crippen LogP contribution in [0.3, 0.4) is 0 Å². The van der Waals surface area contributed by atoms with Crippen LogP contribution in [-0.2, 0) is 10.2 Å². The summed E-state index contributed by atoms with van der Waals surface area (Å²) in [7, 11) is 0. The summed E-state index contributed by atoms with van der Waals surface area (Å²) in [6.45, 7) is 25.9. The van der Waals surface area contributed by atoms with E-state index in [0.29, 0.717) is 51.1 Å². The zero-order chi connectivity index (χ0) is 60.3. The molecule has 4 saturated carbocycles. The highest BCUT2D eigenvalue weighted by molar-refractivity contribution is 6.33. The van der Waals surface area contributed by atoms with Gasteiger partial charge in [-0.2, -0.15) is 0 Å². The van der Waals surface area contributed by atoms with Gasteiger partial charge in [0.25, 0.3) is 0 Å². The molecule has 10 nitrogen and oxygen atoms in total. The molecule has 4 fully saturated rings. The van der Waals surface area contributed by atoms with Gasteiger partial charge in [-0.25, -0.2) is 19.8 Å². The fourth-order valence-electron chi connectivity index (χ4n) is 9.91. The maximum Gasteiger partial charge on any atom is 0.386 e. The van der Waals surface area contributed by atoms with Crippen molar-refractivity contribution in [2.45, 2.75) is 0 Å². The van der Waals surface area contributed by atoms with Gasteiger partial charge in [0.15, 0.2) is 0 Å². The van der Waals surface area contributed by atoms with Crippen molar-refractivity contribution in [1.82, 2.24) is 0 Å². The van der Waals surface area contributed by atoms with Crippen molar-refractivity contribution in [2.24, 2.45) is 40.4 Å². The maximum absolute atomic E-state index is 12.9. The molecule has 85 heavy (non-hydrogen) atoms. The van der Waals surface area contributed by atoms with E-state index < -0.39 is 63.6 Å². The van der Waals surface area contributed by atoms with Crippen LogP contribution in [0.5, 0.6) is 11.5 Å². The van der Waals surface area contributed by atoms with E-state index in [0.717, 1.165) is 12.1 Å². The second kappa shape index (κ2) is 26.0. The third-order valence-corrected chi connectivity index (χ3v) is 14.8. The van der Waals surface area contributed by atoms with Crippen molar-refractivity contribution in [2.75, 3.05) is 0 Å². The van der Waals surface area contributed by atoms with Crippen LogP contribution in [0.4, 0.5) is 0 Å². The van der Waals surface area contributed by atoms with Crippen LogP contribution in [0.15, 0.2) is 121 Å². The average Bonchev–Trinajstić information content (AvgIpc) is 3.83. The van der Waals surface area contributed by atoms with E-state index in [1.54, 1.807) is 72.8 Å². The van der Waals surface area contributed by atoms with Crippen molar-refractivity contribution in [1.29, 1.82) is 0 Å². The molecule has 12 heteroatoms. The average molecular weight is 1140 g/mol. The Morgan fingerprint density at radius 1 is 0.576 bits per heavy atom. The molecule has 0 aliphatic heterocycles. The van der Waals surface area contributed by atoms with Gasteiger partial charge in [-0.3, -0.25) is 0 Å². The molecule has 0 aromatic heterocycles. The summed E-state index contributed by atoms with van der Waals surface area (Å²) in [5.41, 5.74) is 0.198. The molecule has 0 amide bonds. The number of carbonyl (C=O) groups excluding carboxylic acids is 4. The number of carbonyl (C=O) groups is 4. The fraction of sp³-hybridized carbons (Fsp3) is 0.0959. The Labute approximate surface area is 510 Å². The largest absolute Gasteiger partial charge is 0.545 e. The first-order chi connectivity index (χ1) is 40.7. The number of carboxylic acid groups (broad SMARTS) is 2. The molecule has 43 radical (unpaired) electrons. The number of fused-ring (bicyclic) bond motifs is 5. The highest BCUT2D eigenvalue weighted by Gasteiger charge is 2.62. The molecular formula is C73H35Cl2O10-2. The third-order valence-electron chi connectivity index (χ3n) is 14.2. The summed E-state index contributed by atoms with van der Waals surface area (Å²) in [5.74, 6) is -7.85. The number of halogens is 2. The van der Waals surface area contributed by atoms with Crippen LogP contribution in [0.2, 0.25) is 10.0 Å². The normalized spacial score (nSPS) is 22.7. The molecule has 4 aliphatic rings. The van der Waals surface area contributed by atoms with Gasteiger partial charge in [-0.15, -0.1) is 0 Å². The lowest BCUT2D eigenvalue weighted by atomic mass is 9.44. The number of aromatic carboxylic acids is 2. The lowest BCUT2D eigenvalue weighted by molar-refractivity contribution is -0.256. The van der Waals surface area contributed by atoms with Gasteiger partial charge >= 0.3 is 11.9 Å². The quantitative estimate of drug-likeness (QED) is 0.0646. The summed E-state index contributed by atoms with van der Waals surface area (Å²) in [5, 5.41) is 48.3. The topological polar surface area (TPSA) is 173 Å². The highest BCUT2D eigenvalue weighted by Crippen LogP contribution is 2.67. The Morgan fingerprint density at radius 3 is 1.62 bits per heavy atom. The van der Waals surface area contributed by atoms with E-state index in [2.05, 4.69) is 144 Å². The fourth-order valence-corrected chi connectivity index (χ4v) is 10.4. The molecule has 0 heterocycles. The molecule has 403 valence electrons. The number of carboxylic acids is 2.